The standard InChI is InChI=1S/C23H14F3N3S2/c24-23(25,26)15-10-11-20-17(12-15)27-21(16-8-4-5-9-19(16)31-20)29-22-28-18(13-30-22)14-6-2-1-3-7-14/h1-13H,(H,27,28,29). The number of benzene rings is 3. The van der Waals surface area contributed by atoms with E-state index in [4.69, 9.17) is 0 Å². The van der Waals surface area contributed by atoms with Gasteiger partial charge in [0.1, 0.15) is 5.84 Å². The minimum atomic E-state index is -4.42. The lowest BCUT2D eigenvalue weighted by molar-refractivity contribution is -0.137. The molecule has 1 aliphatic rings. The summed E-state index contributed by atoms with van der Waals surface area (Å²) >= 11 is 2.79. The predicted octanol–water partition coefficient (Wildman–Crippen LogP) is 7.48. The summed E-state index contributed by atoms with van der Waals surface area (Å²) in [6.07, 6.45) is -4.42. The first-order valence-electron chi connectivity index (χ1n) is 9.32. The fourth-order valence-corrected chi connectivity index (χ4v) is 4.91. The van der Waals surface area contributed by atoms with Crippen molar-refractivity contribution in [2.75, 3.05) is 5.32 Å². The molecule has 3 aromatic carbocycles. The van der Waals surface area contributed by atoms with Gasteiger partial charge in [0, 0.05) is 26.3 Å². The molecule has 0 amide bonds. The smallest absolute Gasteiger partial charge is 0.339 e. The molecule has 0 bridgehead atoms. The molecular formula is C23H14F3N3S2. The van der Waals surface area contributed by atoms with Crippen LogP contribution in [0.4, 0.5) is 24.0 Å². The topological polar surface area (TPSA) is 37.3 Å². The second kappa shape index (κ2) is 7.86. The van der Waals surface area contributed by atoms with Crippen LogP contribution < -0.4 is 5.32 Å². The Bertz CT molecular complexity index is 1280. The van der Waals surface area contributed by atoms with Crippen molar-refractivity contribution in [1.29, 1.82) is 0 Å². The van der Waals surface area contributed by atoms with E-state index in [1.807, 2.05) is 60.0 Å². The zero-order valence-electron chi connectivity index (χ0n) is 15.9. The average Bonchev–Trinajstić information content (AvgIpc) is 3.17. The number of alkyl halides is 3. The molecule has 8 heteroatoms. The Morgan fingerprint density at radius 3 is 2.45 bits per heavy atom. The van der Waals surface area contributed by atoms with Gasteiger partial charge in [0.15, 0.2) is 0 Å². The van der Waals surface area contributed by atoms with E-state index in [1.54, 1.807) is 0 Å². The summed E-state index contributed by atoms with van der Waals surface area (Å²) in [5.74, 6) is 0.468. The first kappa shape index (κ1) is 19.8. The largest absolute Gasteiger partial charge is 0.416 e. The Balaban J connectivity index is 1.58. The highest BCUT2D eigenvalue weighted by atomic mass is 32.2. The van der Waals surface area contributed by atoms with Crippen molar-refractivity contribution in [3.8, 4) is 11.3 Å². The minimum absolute atomic E-state index is 0.370. The Kier molecular flexibility index (Phi) is 5.03. The third kappa shape index (κ3) is 4.08. The molecule has 0 spiro atoms. The number of halogens is 3. The van der Waals surface area contributed by atoms with Gasteiger partial charge in [0.05, 0.1) is 16.9 Å². The van der Waals surface area contributed by atoms with Crippen LogP contribution in [0.1, 0.15) is 11.1 Å². The van der Waals surface area contributed by atoms with Gasteiger partial charge in [0.2, 0.25) is 5.13 Å². The number of hydrogen-bond donors (Lipinski definition) is 1. The van der Waals surface area contributed by atoms with Gasteiger partial charge in [-0.15, -0.1) is 11.3 Å². The van der Waals surface area contributed by atoms with Gasteiger partial charge in [-0.2, -0.15) is 13.2 Å². The van der Waals surface area contributed by atoms with Crippen molar-refractivity contribution in [3.05, 3.63) is 89.3 Å². The molecule has 1 aromatic heterocycles. The highest BCUT2D eigenvalue weighted by Crippen LogP contribution is 2.42. The molecule has 1 N–H and O–H groups in total. The second-order valence-corrected chi connectivity index (χ2v) is 8.69. The monoisotopic (exact) mass is 453 g/mol. The van der Waals surface area contributed by atoms with Gasteiger partial charge < -0.3 is 5.32 Å². The summed E-state index contributed by atoms with van der Waals surface area (Å²) in [6.45, 7) is 0. The first-order chi connectivity index (χ1) is 15.0. The molecule has 0 atom stereocenters. The molecule has 4 aromatic rings. The molecule has 0 radical (unpaired) electrons. The van der Waals surface area contributed by atoms with Crippen molar-refractivity contribution in [2.24, 2.45) is 4.99 Å². The fourth-order valence-electron chi connectivity index (χ4n) is 3.20. The van der Waals surface area contributed by atoms with Crippen molar-refractivity contribution in [3.63, 3.8) is 0 Å². The molecule has 0 saturated heterocycles. The summed E-state index contributed by atoms with van der Waals surface area (Å²) in [5, 5.41) is 5.56. The Hall–Kier alpha value is -3.10. The molecule has 1 aliphatic heterocycles. The van der Waals surface area contributed by atoms with Gasteiger partial charge in [-0.1, -0.05) is 60.3 Å². The number of rotatable bonds is 2. The lowest BCUT2D eigenvalue weighted by Crippen LogP contribution is -2.14. The molecule has 0 unspecified atom stereocenters. The van der Waals surface area contributed by atoms with E-state index in [9.17, 15) is 13.2 Å². The molecular weight excluding hydrogens is 439 g/mol. The van der Waals surface area contributed by atoms with Gasteiger partial charge >= 0.3 is 6.18 Å². The van der Waals surface area contributed by atoms with Crippen molar-refractivity contribution >= 4 is 39.8 Å². The van der Waals surface area contributed by atoms with Crippen LogP contribution in [-0.4, -0.2) is 10.8 Å². The Morgan fingerprint density at radius 2 is 1.65 bits per heavy atom. The number of aromatic nitrogens is 1. The number of anilines is 1. The molecule has 2 heterocycles. The number of fused-ring (bicyclic) bond motifs is 2. The summed E-state index contributed by atoms with van der Waals surface area (Å²) in [5.41, 5.74) is 2.27. The predicted molar refractivity (Wildman–Crippen MR) is 119 cm³/mol. The zero-order chi connectivity index (χ0) is 21.4. The fraction of sp³-hybridized carbons (Fsp3) is 0.0435. The van der Waals surface area contributed by atoms with Crippen LogP contribution in [0.25, 0.3) is 11.3 Å². The van der Waals surface area contributed by atoms with E-state index < -0.39 is 11.7 Å². The van der Waals surface area contributed by atoms with E-state index in [1.165, 1.54) is 29.2 Å². The van der Waals surface area contributed by atoms with Crippen LogP contribution in [0.15, 0.2) is 93.0 Å². The van der Waals surface area contributed by atoms with Crippen LogP contribution in [-0.2, 0) is 6.18 Å². The Morgan fingerprint density at radius 1 is 0.871 bits per heavy atom. The number of amidine groups is 1. The van der Waals surface area contributed by atoms with Gasteiger partial charge in [-0.05, 0) is 24.3 Å². The minimum Gasteiger partial charge on any atom is -0.339 e. The van der Waals surface area contributed by atoms with Gasteiger partial charge in [0.25, 0.3) is 0 Å². The molecule has 3 nitrogen and oxygen atoms in total. The third-order valence-corrected chi connectivity index (χ3v) is 6.58. The number of aliphatic imine (C=N–C) groups is 1. The van der Waals surface area contributed by atoms with Crippen molar-refractivity contribution < 1.29 is 13.2 Å². The first-order valence-corrected chi connectivity index (χ1v) is 11.0. The third-order valence-electron chi connectivity index (χ3n) is 4.69. The Labute approximate surface area is 184 Å². The van der Waals surface area contributed by atoms with Gasteiger partial charge in [-0.3, -0.25) is 0 Å². The molecule has 154 valence electrons. The van der Waals surface area contributed by atoms with Gasteiger partial charge in [-0.25, -0.2) is 9.98 Å². The molecule has 0 fully saturated rings. The number of hydrogen-bond acceptors (Lipinski definition) is 4. The van der Waals surface area contributed by atoms with E-state index in [-0.39, 0.29) is 0 Å². The van der Waals surface area contributed by atoms with E-state index in [0.29, 0.717) is 21.6 Å². The van der Waals surface area contributed by atoms with E-state index >= 15 is 0 Å². The molecule has 31 heavy (non-hydrogen) atoms. The lowest BCUT2D eigenvalue weighted by Gasteiger charge is -2.12. The number of nitrogens with one attached hydrogen (secondary N) is 1. The highest BCUT2D eigenvalue weighted by molar-refractivity contribution is 7.99. The van der Waals surface area contributed by atoms with Crippen LogP contribution >= 0.6 is 23.1 Å². The van der Waals surface area contributed by atoms with Crippen LogP contribution in [0.3, 0.4) is 0 Å². The van der Waals surface area contributed by atoms with Crippen molar-refractivity contribution in [2.45, 2.75) is 16.0 Å². The van der Waals surface area contributed by atoms with Crippen LogP contribution in [0, 0.1) is 0 Å². The lowest BCUT2D eigenvalue weighted by atomic mass is 10.1. The summed E-state index contributed by atoms with van der Waals surface area (Å²) in [7, 11) is 0. The zero-order valence-corrected chi connectivity index (χ0v) is 17.5. The summed E-state index contributed by atoms with van der Waals surface area (Å²) in [6, 6.07) is 21.1. The maximum absolute atomic E-state index is 13.3. The molecule has 0 aliphatic carbocycles. The van der Waals surface area contributed by atoms with Crippen LogP contribution in [0.5, 0.6) is 0 Å². The average molecular weight is 454 g/mol. The highest BCUT2D eigenvalue weighted by Gasteiger charge is 2.32. The maximum Gasteiger partial charge on any atom is 0.416 e. The summed E-state index contributed by atoms with van der Waals surface area (Å²) < 4.78 is 39.8. The molecule has 5 rings (SSSR count). The van der Waals surface area contributed by atoms with Crippen LogP contribution in [0.2, 0.25) is 0 Å². The second-order valence-electron chi connectivity index (χ2n) is 6.77. The quantitative estimate of drug-likeness (QED) is 0.342. The SMILES string of the molecule is FC(F)(F)c1ccc2c(c1)N/C(=N\c1nc(-c3ccccc3)cs1)c1ccccc1S2. The van der Waals surface area contributed by atoms with Crippen molar-refractivity contribution in [1.82, 2.24) is 4.98 Å². The van der Waals surface area contributed by atoms with E-state index in [2.05, 4.69) is 15.3 Å². The molecule has 0 saturated carbocycles. The summed E-state index contributed by atoms with van der Waals surface area (Å²) in [4.78, 5) is 10.9. The number of nitrogens with zero attached hydrogens (tertiary/aromatic N) is 2. The van der Waals surface area contributed by atoms with E-state index in [0.717, 1.165) is 33.8 Å². The normalized spacial score (nSPS) is 14.5. The number of thiazole rings is 1. The maximum atomic E-state index is 13.3.